The Kier molecular flexibility index (Phi) is 5.73. The largest absolute Gasteiger partial charge is 0.449 e. The zero-order chi connectivity index (χ0) is 27.3. The molecule has 0 bridgehead atoms. The third-order valence-electron chi connectivity index (χ3n) is 11.0. The highest BCUT2D eigenvalue weighted by Crippen LogP contribution is 2.68. The van der Waals surface area contributed by atoms with Crippen molar-refractivity contribution in [3.05, 3.63) is 46.4 Å². The zero-order valence-corrected chi connectivity index (χ0v) is 23.9. The van der Waals surface area contributed by atoms with Gasteiger partial charge in [-0.2, -0.15) is 5.10 Å². The van der Waals surface area contributed by atoms with Crippen LogP contribution in [0.3, 0.4) is 0 Å². The van der Waals surface area contributed by atoms with Crippen molar-refractivity contribution in [3.8, 4) is 5.82 Å². The lowest BCUT2D eigenvalue weighted by Crippen LogP contribution is -2.62. The second-order valence-electron chi connectivity index (χ2n) is 13.0. The first-order chi connectivity index (χ1) is 18.6. The van der Waals surface area contributed by atoms with Gasteiger partial charge in [0.05, 0.1) is 28.9 Å². The van der Waals surface area contributed by atoms with Crippen LogP contribution in [-0.2, 0) is 20.7 Å². The van der Waals surface area contributed by atoms with Crippen LogP contribution in [0.15, 0.2) is 30.1 Å². The van der Waals surface area contributed by atoms with E-state index in [1.807, 2.05) is 23.0 Å². The van der Waals surface area contributed by atoms with Gasteiger partial charge in [0.25, 0.3) is 0 Å². The van der Waals surface area contributed by atoms with E-state index in [0.29, 0.717) is 17.9 Å². The minimum absolute atomic E-state index is 0.0469. The van der Waals surface area contributed by atoms with E-state index in [9.17, 15) is 14.7 Å². The van der Waals surface area contributed by atoms with E-state index in [1.54, 1.807) is 6.20 Å². The number of ether oxygens (including phenoxy) is 1. The van der Waals surface area contributed by atoms with Crippen molar-refractivity contribution in [3.63, 3.8) is 0 Å². The Labute approximate surface area is 238 Å². The molecule has 0 aliphatic heterocycles. The van der Waals surface area contributed by atoms with Crippen LogP contribution in [0.25, 0.3) is 11.9 Å². The van der Waals surface area contributed by atoms with Crippen LogP contribution in [0.1, 0.15) is 70.1 Å². The van der Waals surface area contributed by atoms with Gasteiger partial charge in [-0.1, -0.05) is 31.0 Å². The summed E-state index contributed by atoms with van der Waals surface area (Å²) in [6.45, 7) is 4.36. The third-order valence-corrected chi connectivity index (χ3v) is 11.6. The summed E-state index contributed by atoms with van der Waals surface area (Å²) in [6.07, 6.45) is 11.2. The zero-order valence-electron chi connectivity index (χ0n) is 22.3. The molecule has 0 radical (unpaired) electrons. The molecule has 0 spiro atoms. The Hall–Kier alpha value is -2.16. The van der Waals surface area contributed by atoms with Crippen LogP contribution >= 0.6 is 24.2 Å². The molecule has 5 aliphatic carbocycles. The quantitative estimate of drug-likeness (QED) is 0.388. The fraction of sp³-hybridized carbons (Fsp3) is 0.600. The molecule has 5 aliphatic rings. The summed E-state index contributed by atoms with van der Waals surface area (Å²) in [5, 5.41) is 16.8. The van der Waals surface area contributed by atoms with E-state index >= 15 is 0 Å². The van der Waals surface area contributed by atoms with E-state index in [-0.39, 0.29) is 40.2 Å². The minimum Gasteiger partial charge on any atom is -0.449 e. The van der Waals surface area contributed by atoms with Gasteiger partial charge in [-0.05, 0) is 98.3 Å². The van der Waals surface area contributed by atoms with Gasteiger partial charge >= 0.3 is 5.97 Å². The number of esters is 1. The maximum Gasteiger partial charge on any atom is 0.309 e. The van der Waals surface area contributed by atoms with Gasteiger partial charge in [0, 0.05) is 11.6 Å². The van der Waals surface area contributed by atoms with Gasteiger partial charge < -0.3 is 9.84 Å². The number of aromatic nitrogens is 3. The number of thiol groups is 1. The summed E-state index contributed by atoms with van der Waals surface area (Å²) in [5.74, 6) is 0.802. The molecular formula is C30H34ClN3O4S. The molecule has 2 aromatic heterocycles. The van der Waals surface area contributed by atoms with Gasteiger partial charge in [-0.15, -0.1) is 12.6 Å². The van der Waals surface area contributed by atoms with Crippen molar-refractivity contribution in [1.82, 2.24) is 14.8 Å². The number of hydrogen-bond acceptors (Lipinski definition) is 6. The average molecular weight is 568 g/mol. The summed E-state index contributed by atoms with van der Waals surface area (Å²) in [5.41, 5.74) is 1.39. The first kappa shape index (κ1) is 25.8. The average Bonchev–Trinajstić information content (AvgIpc) is 3.60. The highest BCUT2D eigenvalue weighted by Gasteiger charge is 2.70. The molecule has 39 heavy (non-hydrogen) atoms. The Morgan fingerprint density at radius 3 is 2.67 bits per heavy atom. The van der Waals surface area contributed by atoms with Crippen LogP contribution in [0, 0.1) is 34.5 Å². The van der Waals surface area contributed by atoms with Crippen LogP contribution < -0.4 is 0 Å². The Morgan fingerprint density at radius 2 is 1.97 bits per heavy atom. The number of pyridine rings is 1. The van der Waals surface area contributed by atoms with Crippen LogP contribution in [0.5, 0.6) is 0 Å². The number of aliphatic hydroxyl groups excluding tert-OH is 1. The number of halogens is 1. The Balaban J connectivity index is 1.23. The lowest BCUT2D eigenvalue weighted by atomic mass is 9.45. The molecule has 4 fully saturated rings. The molecule has 1 N–H and O–H groups in total. The van der Waals surface area contributed by atoms with Crippen molar-refractivity contribution in [2.24, 2.45) is 34.5 Å². The first-order valence-corrected chi connectivity index (χ1v) is 14.9. The summed E-state index contributed by atoms with van der Waals surface area (Å²) < 4.78 is 7.97. The predicted octanol–water partition coefficient (Wildman–Crippen LogP) is 5.22. The molecule has 7 atom stereocenters. The monoisotopic (exact) mass is 567 g/mol. The van der Waals surface area contributed by atoms with Crippen molar-refractivity contribution in [1.29, 1.82) is 0 Å². The molecular weight excluding hydrogens is 534 g/mol. The molecule has 206 valence electrons. The summed E-state index contributed by atoms with van der Waals surface area (Å²) >= 11 is 10.3. The third kappa shape index (κ3) is 3.60. The summed E-state index contributed by atoms with van der Waals surface area (Å²) in [7, 11) is 0. The van der Waals surface area contributed by atoms with Crippen LogP contribution in [0.4, 0.5) is 0 Å². The second-order valence-corrected chi connectivity index (χ2v) is 13.8. The highest BCUT2D eigenvalue weighted by atomic mass is 35.5. The molecule has 7 nitrogen and oxygen atoms in total. The smallest absolute Gasteiger partial charge is 0.309 e. The lowest BCUT2D eigenvalue weighted by Gasteiger charge is -2.60. The van der Waals surface area contributed by atoms with Crippen molar-refractivity contribution in [2.45, 2.75) is 76.9 Å². The van der Waals surface area contributed by atoms with E-state index in [1.165, 1.54) is 5.57 Å². The van der Waals surface area contributed by atoms with E-state index in [0.717, 1.165) is 55.6 Å². The SMILES string of the molecule is C[C@]12Cc3cnn(-c4ccc(Cl)cn4)c3C=C1CC[C@@H]1[C@@H]2[C@@H](O)C[C@@]2(C)[C@H]1CC[C@]2(OC(=O)C1CC1)C(=O)S. The fourth-order valence-corrected chi connectivity index (χ4v) is 9.51. The number of rotatable bonds is 4. The van der Waals surface area contributed by atoms with E-state index in [2.05, 4.69) is 42.6 Å². The molecule has 9 heteroatoms. The molecule has 0 amide bonds. The van der Waals surface area contributed by atoms with Crippen molar-refractivity contribution < 1.29 is 19.4 Å². The molecule has 4 saturated carbocycles. The first-order valence-electron chi connectivity index (χ1n) is 14.1. The number of hydrogen-bond donors (Lipinski definition) is 2. The predicted molar refractivity (Wildman–Crippen MR) is 149 cm³/mol. The maximum atomic E-state index is 13.1. The number of allylic oxidation sites excluding steroid dienone is 1. The van der Waals surface area contributed by atoms with E-state index in [4.69, 9.17) is 16.3 Å². The number of nitrogens with zero attached hydrogens (tertiary/aromatic N) is 3. The van der Waals surface area contributed by atoms with Gasteiger partial charge in [0.1, 0.15) is 0 Å². The Bertz CT molecular complexity index is 1400. The number of carbonyl (C=O) groups is 2. The molecule has 0 unspecified atom stereocenters. The van der Waals surface area contributed by atoms with E-state index < -0.39 is 17.1 Å². The molecule has 2 aromatic rings. The molecule has 7 rings (SSSR count). The molecule has 0 saturated heterocycles. The van der Waals surface area contributed by atoms with Gasteiger partial charge in [-0.25, -0.2) is 9.67 Å². The van der Waals surface area contributed by atoms with Crippen LogP contribution in [0.2, 0.25) is 5.02 Å². The highest BCUT2D eigenvalue weighted by molar-refractivity contribution is 7.96. The minimum atomic E-state index is -1.27. The van der Waals surface area contributed by atoms with Gasteiger partial charge in [0.15, 0.2) is 11.4 Å². The standard InChI is InChI=1S/C30H34ClN3O4S/c1-28-12-17-14-33-34(24-8-6-19(31)15-32-24)22(17)11-18(28)5-7-20-21-9-10-30(27(37)39,38-26(36)16-3-4-16)29(21,2)13-23(35)25(20)28/h6,8,11,14-16,20-21,23,25,35H,3-5,7,9-10,12-13H2,1-2H3,(H,37,39)/t20-,21-,23-,25+,28-,29-,30-/m0/s1. The molecule has 0 aromatic carbocycles. The summed E-state index contributed by atoms with van der Waals surface area (Å²) in [6, 6.07) is 3.69. The van der Waals surface area contributed by atoms with Crippen molar-refractivity contribution in [2.75, 3.05) is 0 Å². The normalized spacial score (nSPS) is 38.6. The second kappa shape index (κ2) is 8.67. The lowest BCUT2D eigenvalue weighted by molar-refractivity contribution is -0.197. The number of fused-ring (bicyclic) bond motifs is 6. The number of carbonyl (C=O) groups excluding carboxylic acids is 2. The Morgan fingerprint density at radius 1 is 1.18 bits per heavy atom. The maximum absolute atomic E-state index is 13.1. The topological polar surface area (TPSA) is 94.3 Å². The summed E-state index contributed by atoms with van der Waals surface area (Å²) in [4.78, 5) is 30.4. The van der Waals surface area contributed by atoms with Gasteiger partial charge in [-0.3, -0.25) is 9.59 Å². The fourth-order valence-electron chi connectivity index (χ4n) is 8.99. The van der Waals surface area contributed by atoms with Crippen LogP contribution in [-0.4, -0.2) is 42.7 Å². The van der Waals surface area contributed by atoms with Gasteiger partial charge in [0.2, 0.25) is 5.12 Å². The van der Waals surface area contributed by atoms with Crippen molar-refractivity contribution >= 4 is 41.4 Å². The molecule has 2 heterocycles. The number of aliphatic hydroxyl groups is 1.